The van der Waals surface area contributed by atoms with Crippen molar-refractivity contribution in [3.05, 3.63) is 77.9 Å². The van der Waals surface area contributed by atoms with Gasteiger partial charge in [0.15, 0.2) is 5.76 Å². The van der Waals surface area contributed by atoms with E-state index in [1.54, 1.807) is 43.7 Å². The Morgan fingerprint density at radius 1 is 1.09 bits per heavy atom. The van der Waals surface area contributed by atoms with Crippen molar-refractivity contribution in [1.29, 1.82) is 0 Å². The monoisotopic (exact) mass is 476 g/mol. The highest BCUT2D eigenvalue weighted by Gasteiger charge is 2.34. The highest BCUT2D eigenvalue weighted by molar-refractivity contribution is 6.05. The molecule has 0 radical (unpaired) electrons. The van der Waals surface area contributed by atoms with Gasteiger partial charge in [-0.2, -0.15) is 0 Å². The topological polar surface area (TPSA) is 97.3 Å². The van der Waals surface area contributed by atoms with E-state index in [1.807, 2.05) is 24.3 Å². The van der Waals surface area contributed by atoms with Crippen molar-refractivity contribution in [2.75, 3.05) is 32.6 Å². The van der Waals surface area contributed by atoms with Crippen LogP contribution in [0.1, 0.15) is 34.7 Å². The van der Waals surface area contributed by atoms with Crippen LogP contribution in [0.25, 0.3) is 11.0 Å². The van der Waals surface area contributed by atoms with Crippen molar-refractivity contribution in [2.24, 2.45) is 0 Å². The number of ether oxygens (including phenoxy) is 2. The fraction of sp³-hybridized carbons (Fsp3) is 0.296. The molecule has 1 saturated heterocycles. The molecule has 1 aliphatic heterocycles. The summed E-state index contributed by atoms with van der Waals surface area (Å²) in [5, 5.41) is 15.0. The van der Waals surface area contributed by atoms with Gasteiger partial charge in [0.25, 0.3) is 5.91 Å². The molecular formula is C27H28N2O6. The molecule has 8 heteroatoms. The number of aliphatic hydroxyl groups is 1. The third kappa shape index (κ3) is 4.76. The lowest BCUT2D eigenvalue weighted by Crippen LogP contribution is -2.42. The second kappa shape index (κ2) is 9.48. The first-order chi connectivity index (χ1) is 17.0. The van der Waals surface area contributed by atoms with E-state index in [1.165, 1.54) is 7.11 Å². The summed E-state index contributed by atoms with van der Waals surface area (Å²) in [5.74, 6) is 1.80. The van der Waals surface area contributed by atoms with E-state index in [-0.39, 0.29) is 5.76 Å². The lowest BCUT2D eigenvalue weighted by atomic mass is 9.84. The number of carbonyl (C=O) groups excluding carboxylic acids is 1. The second-order valence-corrected chi connectivity index (χ2v) is 8.77. The van der Waals surface area contributed by atoms with Gasteiger partial charge in [-0.1, -0.05) is 6.07 Å². The average Bonchev–Trinajstić information content (AvgIpc) is 3.55. The number of rotatable bonds is 7. The number of fused-ring (bicyclic) bond motifs is 1. The van der Waals surface area contributed by atoms with Gasteiger partial charge in [-0.15, -0.1) is 0 Å². The van der Waals surface area contributed by atoms with Crippen LogP contribution in [0, 0.1) is 0 Å². The third-order valence-electron chi connectivity index (χ3n) is 6.58. The summed E-state index contributed by atoms with van der Waals surface area (Å²) in [6.07, 6.45) is 2.90. The van der Waals surface area contributed by atoms with Gasteiger partial charge in [0, 0.05) is 24.5 Å². The summed E-state index contributed by atoms with van der Waals surface area (Å²) in [6.45, 7) is 2.26. The molecule has 1 aliphatic rings. The molecule has 3 heterocycles. The Balaban J connectivity index is 1.31. The lowest BCUT2D eigenvalue weighted by Gasteiger charge is -2.38. The Labute approximate surface area is 203 Å². The Bertz CT molecular complexity index is 1320. The Morgan fingerprint density at radius 3 is 2.63 bits per heavy atom. The van der Waals surface area contributed by atoms with Gasteiger partial charge in [0.2, 0.25) is 0 Å². The maximum Gasteiger partial charge on any atom is 0.291 e. The molecule has 0 aliphatic carbocycles. The largest absolute Gasteiger partial charge is 0.497 e. The number of likely N-dealkylation sites (tertiary alicyclic amines) is 1. The summed E-state index contributed by atoms with van der Waals surface area (Å²) in [7, 11) is 3.09. The van der Waals surface area contributed by atoms with Crippen LogP contribution in [0.3, 0.4) is 0 Å². The number of furan rings is 2. The standard InChI is InChI=1S/C27H28N2O6/c1-32-20-6-8-24(33-2)22(16-20)28-26(30)25-15-18-14-19(5-7-23(18)35-25)27(31)9-11-29(12-10-27)17-21-4-3-13-34-21/h3-8,13-16,31H,9-12,17H2,1-2H3,(H,28,30). The van der Waals surface area contributed by atoms with Crippen LogP contribution >= 0.6 is 0 Å². The molecule has 0 atom stereocenters. The Kier molecular flexibility index (Phi) is 6.23. The number of hydrogen-bond acceptors (Lipinski definition) is 7. The van der Waals surface area contributed by atoms with E-state index < -0.39 is 11.5 Å². The van der Waals surface area contributed by atoms with Gasteiger partial charge in [0.05, 0.1) is 38.3 Å². The van der Waals surface area contributed by atoms with Gasteiger partial charge in [0.1, 0.15) is 22.8 Å². The second-order valence-electron chi connectivity index (χ2n) is 8.77. The van der Waals surface area contributed by atoms with Gasteiger partial charge in [-0.05, 0) is 60.9 Å². The predicted molar refractivity (Wildman–Crippen MR) is 131 cm³/mol. The maximum absolute atomic E-state index is 12.9. The number of nitrogens with zero attached hydrogens (tertiary/aromatic N) is 1. The van der Waals surface area contributed by atoms with Gasteiger partial charge >= 0.3 is 0 Å². The quantitative estimate of drug-likeness (QED) is 0.396. The van der Waals surface area contributed by atoms with Crippen molar-refractivity contribution in [1.82, 2.24) is 4.90 Å². The number of anilines is 1. The van der Waals surface area contributed by atoms with Crippen molar-refractivity contribution >= 4 is 22.6 Å². The van der Waals surface area contributed by atoms with E-state index in [0.717, 1.165) is 36.3 Å². The molecule has 1 amide bonds. The van der Waals surface area contributed by atoms with Gasteiger partial charge in [-0.25, -0.2) is 0 Å². The zero-order chi connectivity index (χ0) is 24.4. The molecule has 8 nitrogen and oxygen atoms in total. The van der Waals surface area contributed by atoms with E-state index in [9.17, 15) is 9.90 Å². The minimum Gasteiger partial charge on any atom is -0.497 e. The van der Waals surface area contributed by atoms with E-state index >= 15 is 0 Å². The number of piperidine rings is 1. The highest BCUT2D eigenvalue weighted by atomic mass is 16.5. The van der Waals surface area contributed by atoms with Crippen molar-refractivity contribution in [2.45, 2.75) is 25.0 Å². The first kappa shape index (κ1) is 23.0. The summed E-state index contributed by atoms with van der Waals surface area (Å²) in [4.78, 5) is 15.2. The predicted octanol–water partition coefficient (Wildman–Crippen LogP) is 4.78. The molecule has 182 valence electrons. The molecule has 0 unspecified atom stereocenters. The summed E-state index contributed by atoms with van der Waals surface area (Å²) >= 11 is 0. The zero-order valence-corrected chi connectivity index (χ0v) is 19.7. The molecule has 2 aromatic carbocycles. The molecule has 5 rings (SSSR count). The van der Waals surface area contributed by atoms with Crippen LogP contribution < -0.4 is 14.8 Å². The smallest absolute Gasteiger partial charge is 0.291 e. The van der Waals surface area contributed by atoms with E-state index in [4.69, 9.17) is 18.3 Å². The minimum absolute atomic E-state index is 0.169. The third-order valence-corrected chi connectivity index (χ3v) is 6.58. The fourth-order valence-electron chi connectivity index (χ4n) is 4.53. The molecular weight excluding hydrogens is 448 g/mol. The minimum atomic E-state index is -0.929. The van der Waals surface area contributed by atoms with Crippen LogP contribution in [0.4, 0.5) is 5.69 Å². The summed E-state index contributed by atoms with van der Waals surface area (Å²) in [6, 6.07) is 16.3. The molecule has 4 aromatic rings. The normalized spacial score (nSPS) is 15.7. The molecule has 0 saturated carbocycles. The van der Waals surface area contributed by atoms with E-state index in [0.29, 0.717) is 35.6 Å². The van der Waals surface area contributed by atoms with Crippen LogP contribution in [-0.2, 0) is 12.1 Å². The highest BCUT2D eigenvalue weighted by Crippen LogP contribution is 2.36. The Morgan fingerprint density at radius 2 is 1.91 bits per heavy atom. The zero-order valence-electron chi connectivity index (χ0n) is 19.7. The number of hydrogen-bond donors (Lipinski definition) is 2. The summed E-state index contributed by atoms with van der Waals surface area (Å²) in [5.41, 5.74) is 0.954. The first-order valence-corrected chi connectivity index (χ1v) is 11.5. The van der Waals surface area contributed by atoms with Gasteiger partial charge < -0.3 is 28.7 Å². The maximum atomic E-state index is 12.9. The molecule has 1 fully saturated rings. The van der Waals surface area contributed by atoms with Gasteiger partial charge in [-0.3, -0.25) is 9.69 Å². The SMILES string of the molecule is COc1ccc(OC)c(NC(=O)c2cc3cc(C4(O)CCN(Cc5ccco5)CC4)ccc3o2)c1. The Hall–Kier alpha value is -3.75. The van der Waals surface area contributed by atoms with Crippen LogP contribution in [0.15, 0.2) is 69.7 Å². The molecule has 2 aromatic heterocycles. The molecule has 35 heavy (non-hydrogen) atoms. The number of benzene rings is 2. The molecule has 2 N–H and O–H groups in total. The van der Waals surface area contributed by atoms with Crippen LogP contribution in [0.2, 0.25) is 0 Å². The lowest BCUT2D eigenvalue weighted by molar-refractivity contribution is -0.0288. The molecule has 0 bridgehead atoms. The fourth-order valence-corrected chi connectivity index (χ4v) is 4.53. The average molecular weight is 477 g/mol. The van der Waals surface area contributed by atoms with Crippen LogP contribution in [0.5, 0.6) is 11.5 Å². The number of carbonyl (C=O) groups is 1. The number of nitrogens with one attached hydrogen (secondary N) is 1. The van der Waals surface area contributed by atoms with Crippen molar-refractivity contribution < 1.29 is 28.2 Å². The van der Waals surface area contributed by atoms with Crippen molar-refractivity contribution in [3.8, 4) is 11.5 Å². The number of methoxy groups -OCH3 is 2. The van der Waals surface area contributed by atoms with Crippen molar-refractivity contribution in [3.63, 3.8) is 0 Å². The van der Waals surface area contributed by atoms with Crippen LogP contribution in [-0.4, -0.2) is 43.2 Å². The first-order valence-electron chi connectivity index (χ1n) is 11.5. The molecule has 0 spiro atoms. The summed E-state index contributed by atoms with van der Waals surface area (Å²) < 4.78 is 21.8. The van der Waals surface area contributed by atoms with E-state index in [2.05, 4.69) is 10.2 Å². The number of amides is 1.